The van der Waals surface area contributed by atoms with Gasteiger partial charge in [-0.1, -0.05) is 20.8 Å². The molecular weight excluding hydrogens is 278 g/mol. The van der Waals surface area contributed by atoms with Crippen LogP contribution in [0.3, 0.4) is 0 Å². The van der Waals surface area contributed by atoms with Crippen LogP contribution >= 0.6 is 0 Å². The maximum atomic E-state index is 11.4. The summed E-state index contributed by atoms with van der Waals surface area (Å²) in [5.41, 5.74) is 1.07. The highest BCUT2D eigenvalue weighted by Crippen LogP contribution is 2.22. The van der Waals surface area contributed by atoms with Crippen molar-refractivity contribution >= 4 is 11.7 Å². The summed E-state index contributed by atoms with van der Waals surface area (Å²) >= 11 is 0. The molecule has 1 saturated heterocycles. The molecule has 2 rings (SSSR count). The number of rotatable bonds is 4. The number of likely N-dealkylation sites (N-methyl/N-ethyl adjacent to an activating group) is 1. The van der Waals surface area contributed by atoms with Crippen LogP contribution in [0.4, 0.5) is 5.82 Å². The molecule has 0 radical (unpaired) electrons. The molecule has 122 valence electrons. The molecule has 6 heteroatoms. The largest absolute Gasteiger partial charge is 0.367 e. The number of carbonyl (C=O) groups excluding carboxylic acids is 1. The number of aromatic nitrogens is 2. The molecule has 1 fully saturated rings. The Balaban J connectivity index is 1.87. The number of likely N-dealkylation sites (tertiary alicyclic amines) is 1. The minimum Gasteiger partial charge on any atom is -0.367 e. The second-order valence-electron chi connectivity index (χ2n) is 6.91. The minimum absolute atomic E-state index is 0.0241. The van der Waals surface area contributed by atoms with E-state index in [-0.39, 0.29) is 11.3 Å². The highest BCUT2D eigenvalue weighted by atomic mass is 16.1. The Labute approximate surface area is 132 Å². The van der Waals surface area contributed by atoms with Gasteiger partial charge in [0.05, 0.1) is 12.2 Å². The average Bonchev–Trinajstić information content (AvgIpc) is 2.48. The van der Waals surface area contributed by atoms with E-state index in [1.807, 2.05) is 6.07 Å². The Morgan fingerprint density at radius 1 is 1.32 bits per heavy atom. The number of nitrogens with zero attached hydrogens (tertiary/aromatic N) is 3. The SMILES string of the molecule is CNC(=O)CN1CCC(Nc2cc(C(C)(C)C)ncn2)CC1. The molecule has 1 aromatic rings. The number of hydrogen-bond acceptors (Lipinski definition) is 5. The predicted octanol–water partition coefficient (Wildman–Crippen LogP) is 1.40. The Kier molecular flexibility index (Phi) is 5.34. The van der Waals surface area contributed by atoms with Crippen LogP contribution in [0.1, 0.15) is 39.3 Å². The Morgan fingerprint density at radius 3 is 2.59 bits per heavy atom. The molecule has 0 saturated carbocycles. The van der Waals surface area contributed by atoms with Crippen LogP contribution < -0.4 is 10.6 Å². The van der Waals surface area contributed by atoms with E-state index in [4.69, 9.17) is 0 Å². The van der Waals surface area contributed by atoms with Crippen molar-refractivity contribution in [3.8, 4) is 0 Å². The zero-order valence-corrected chi connectivity index (χ0v) is 14.0. The van der Waals surface area contributed by atoms with Crippen molar-refractivity contribution in [1.82, 2.24) is 20.2 Å². The van der Waals surface area contributed by atoms with Crippen LogP contribution in [-0.4, -0.2) is 53.5 Å². The van der Waals surface area contributed by atoms with E-state index < -0.39 is 0 Å². The average molecular weight is 305 g/mol. The van der Waals surface area contributed by atoms with Crippen LogP contribution in [-0.2, 0) is 10.2 Å². The summed E-state index contributed by atoms with van der Waals surface area (Å²) in [5, 5.41) is 6.17. The van der Waals surface area contributed by atoms with Crippen molar-refractivity contribution < 1.29 is 4.79 Å². The zero-order chi connectivity index (χ0) is 16.2. The van der Waals surface area contributed by atoms with Gasteiger partial charge in [0.2, 0.25) is 5.91 Å². The lowest BCUT2D eigenvalue weighted by Crippen LogP contribution is -2.43. The van der Waals surface area contributed by atoms with E-state index in [0.29, 0.717) is 12.6 Å². The van der Waals surface area contributed by atoms with Crippen molar-refractivity contribution in [2.75, 3.05) is 32.0 Å². The first-order chi connectivity index (χ1) is 10.4. The molecule has 6 nitrogen and oxygen atoms in total. The molecule has 1 aliphatic rings. The highest BCUT2D eigenvalue weighted by molar-refractivity contribution is 5.77. The second-order valence-corrected chi connectivity index (χ2v) is 6.91. The van der Waals surface area contributed by atoms with Gasteiger partial charge in [0, 0.05) is 37.7 Å². The first-order valence-corrected chi connectivity index (χ1v) is 7.90. The Bertz CT molecular complexity index is 504. The fraction of sp³-hybridized carbons (Fsp3) is 0.688. The fourth-order valence-corrected chi connectivity index (χ4v) is 2.57. The summed E-state index contributed by atoms with van der Waals surface area (Å²) < 4.78 is 0. The molecule has 0 unspecified atom stereocenters. The topological polar surface area (TPSA) is 70.2 Å². The number of hydrogen-bond donors (Lipinski definition) is 2. The van der Waals surface area contributed by atoms with Crippen molar-refractivity contribution in [2.45, 2.75) is 45.1 Å². The molecule has 0 aromatic carbocycles. The summed E-state index contributed by atoms with van der Waals surface area (Å²) in [6.45, 7) is 8.80. The molecule has 0 atom stereocenters. The van der Waals surface area contributed by atoms with Gasteiger partial charge in [0.25, 0.3) is 0 Å². The summed E-state index contributed by atoms with van der Waals surface area (Å²) in [6, 6.07) is 2.44. The minimum atomic E-state index is 0.0241. The van der Waals surface area contributed by atoms with Gasteiger partial charge >= 0.3 is 0 Å². The van der Waals surface area contributed by atoms with Crippen LogP contribution in [0, 0.1) is 0 Å². The summed E-state index contributed by atoms with van der Waals surface area (Å²) in [4.78, 5) is 22.3. The van der Waals surface area contributed by atoms with Crippen molar-refractivity contribution in [2.24, 2.45) is 0 Å². The van der Waals surface area contributed by atoms with Crippen LogP contribution in [0.25, 0.3) is 0 Å². The molecule has 1 amide bonds. The van der Waals surface area contributed by atoms with Crippen LogP contribution in [0.2, 0.25) is 0 Å². The zero-order valence-electron chi connectivity index (χ0n) is 14.0. The van der Waals surface area contributed by atoms with Gasteiger partial charge in [0.1, 0.15) is 12.1 Å². The first-order valence-electron chi connectivity index (χ1n) is 7.90. The number of piperidine rings is 1. The smallest absolute Gasteiger partial charge is 0.233 e. The summed E-state index contributed by atoms with van der Waals surface area (Å²) in [7, 11) is 1.68. The van der Waals surface area contributed by atoms with Crippen LogP contribution in [0.5, 0.6) is 0 Å². The van der Waals surface area contributed by atoms with E-state index in [0.717, 1.165) is 37.4 Å². The highest BCUT2D eigenvalue weighted by Gasteiger charge is 2.21. The van der Waals surface area contributed by atoms with E-state index in [2.05, 4.69) is 46.3 Å². The van der Waals surface area contributed by atoms with Crippen LogP contribution in [0.15, 0.2) is 12.4 Å². The van der Waals surface area contributed by atoms with Gasteiger partial charge in [-0.05, 0) is 12.8 Å². The maximum absolute atomic E-state index is 11.4. The fourth-order valence-electron chi connectivity index (χ4n) is 2.57. The summed E-state index contributed by atoms with van der Waals surface area (Å²) in [5.74, 6) is 0.974. The predicted molar refractivity (Wildman–Crippen MR) is 87.9 cm³/mol. The molecule has 2 N–H and O–H groups in total. The normalized spacial score (nSPS) is 17.3. The molecule has 2 heterocycles. The van der Waals surface area contributed by atoms with Gasteiger partial charge < -0.3 is 10.6 Å². The molecule has 1 aromatic heterocycles. The molecule has 1 aliphatic heterocycles. The van der Waals surface area contributed by atoms with E-state index in [9.17, 15) is 4.79 Å². The number of nitrogens with one attached hydrogen (secondary N) is 2. The lowest BCUT2D eigenvalue weighted by molar-refractivity contribution is -0.122. The second kappa shape index (κ2) is 7.05. The van der Waals surface area contributed by atoms with Gasteiger partial charge in [-0.25, -0.2) is 9.97 Å². The first kappa shape index (κ1) is 16.7. The monoisotopic (exact) mass is 305 g/mol. The van der Waals surface area contributed by atoms with Gasteiger partial charge in [-0.2, -0.15) is 0 Å². The van der Waals surface area contributed by atoms with Crippen molar-refractivity contribution in [3.63, 3.8) is 0 Å². The van der Waals surface area contributed by atoms with Gasteiger partial charge in [0.15, 0.2) is 0 Å². The van der Waals surface area contributed by atoms with E-state index >= 15 is 0 Å². The Morgan fingerprint density at radius 2 is 2.00 bits per heavy atom. The number of anilines is 1. The number of carbonyl (C=O) groups is 1. The quantitative estimate of drug-likeness (QED) is 0.880. The maximum Gasteiger partial charge on any atom is 0.233 e. The molecule has 0 spiro atoms. The molecule has 0 aliphatic carbocycles. The Hall–Kier alpha value is -1.69. The van der Waals surface area contributed by atoms with E-state index in [1.165, 1.54) is 0 Å². The third-order valence-electron chi connectivity index (χ3n) is 4.02. The molecule has 0 bridgehead atoms. The lowest BCUT2D eigenvalue weighted by atomic mass is 9.92. The van der Waals surface area contributed by atoms with E-state index in [1.54, 1.807) is 13.4 Å². The van der Waals surface area contributed by atoms with Gasteiger partial charge in [-0.3, -0.25) is 9.69 Å². The third kappa shape index (κ3) is 4.66. The lowest BCUT2D eigenvalue weighted by Gasteiger charge is -2.32. The van der Waals surface area contributed by atoms with Crippen molar-refractivity contribution in [1.29, 1.82) is 0 Å². The van der Waals surface area contributed by atoms with Gasteiger partial charge in [-0.15, -0.1) is 0 Å². The third-order valence-corrected chi connectivity index (χ3v) is 4.02. The molecular formula is C16H27N5O. The number of amides is 1. The standard InChI is InChI=1S/C16H27N5O/c1-16(2,3)13-9-14(19-11-18-13)20-12-5-7-21(8-6-12)10-15(22)17-4/h9,11-12H,5-8,10H2,1-4H3,(H,17,22)(H,18,19,20). The summed E-state index contributed by atoms with van der Waals surface area (Å²) in [6.07, 6.45) is 3.67. The van der Waals surface area contributed by atoms with Crippen molar-refractivity contribution in [3.05, 3.63) is 18.1 Å². The molecule has 22 heavy (non-hydrogen) atoms.